The molecule has 2 aliphatic rings. The number of aryl methyl sites for hydroxylation is 1. The highest BCUT2D eigenvalue weighted by molar-refractivity contribution is 5.94. The standard InChI is InChI=1S/C24H37N3O2/c1-18(2)10-15-27-17-22-5-4-21(16-20(22)6-7-23(27)28)24(29)26(3)14-11-19-8-12-25-13-9-19/h4-5,16,18-19,25H,6-15,17H2,1-3H3. The fraction of sp³-hybridized carbons (Fsp3) is 0.667. The van der Waals surface area contributed by atoms with Gasteiger partial charge in [0.25, 0.3) is 5.91 Å². The molecule has 0 atom stereocenters. The van der Waals surface area contributed by atoms with E-state index in [-0.39, 0.29) is 11.8 Å². The summed E-state index contributed by atoms with van der Waals surface area (Å²) in [7, 11) is 1.91. The Balaban J connectivity index is 1.61. The van der Waals surface area contributed by atoms with Gasteiger partial charge in [-0.15, -0.1) is 0 Å². The van der Waals surface area contributed by atoms with Crippen molar-refractivity contribution in [2.75, 3.05) is 33.2 Å². The quantitative estimate of drug-likeness (QED) is 0.764. The van der Waals surface area contributed by atoms with E-state index in [1.54, 1.807) is 0 Å². The molecule has 2 aliphatic heterocycles. The highest BCUT2D eigenvalue weighted by atomic mass is 16.2. The topological polar surface area (TPSA) is 52.7 Å². The van der Waals surface area contributed by atoms with Crippen molar-refractivity contribution >= 4 is 11.8 Å². The molecule has 1 aromatic rings. The lowest BCUT2D eigenvalue weighted by atomic mass is 9.94. The molecule has 0 unspecified atom stereocenters. The van der Waals surface area contributed by atoms with Gasteiger partial charge in [0.1, 0.15) is 0 Å². The van der Waals surface area contributed by atoms with Crippen molar-refractivity contribution in [2.45, 2.75) is 58.9 Å². The first-order valence-corrected chi connectivity index (χ1v) is 11.3. The van der Waals surface area contributed by atoms with Gasteiger partial charge < -0.3 is 15.1 Å². The van der Waals surface area contributed by atoms with Gasteiger partial charge in [-0.3, -0.25) is 9.59 Å². The lowest BCUT2D eigenvalue weighted by Gasteiger charge is -2.25. The van der Waals surface area contributed by atoms with Crippen molar-refractivity contribution in [1.82, 2.24) is 15.1 Å². The number of hydrogen-bond donors (Lipinski definition) is 1. The van der Waals surface area contributed by atoms with Gasteiger partial charge in [-0.1, -0.05) is 19.9 Å². The Bertz CT molecular complexity index is 710. The third kappa shape index (κ3) is 6.05. The van der Waals surface area contributed by atoms with E-state index in [0.29, 0.717) is 18.9 Å². The minimum atomic E-state index is 0.0916. The van der Waals surface area contributed by atoms with E-state index in [4.69, 9.17) is 0 Å². The van der Waals surface area contributed by atoms with Crippen molar-refractivity contribution in [3.05, 3.63) is 34.9 Å². The zero-order valence-corrected chi connectivity index (χ0v) is 18.4. The number of amides is 2. The molecule has 0 saturated carbocycles. The van der Waals surface area contributed by atoms with Crippen molar-refractivity contribution in [2.24, 2.45) is 11.8 Å². The summed E-state index contributed by atoms with van der Waals surface area (Å²) in [6.45, 7) is 8.87. The van der Waals surface area contributed by atoms with Gasteiger partial charge in [0.2, 0.25) is 5.91 Å². The summed E-state index contributed by atoms with van der Waals surface area (Å²) in [4.78, 5) is 29.3. The van der Waals surface area contributed by atoms with Crippen molar-refractivity contribution in [1.29, 1.82) is 0 Å². The summed E-state index contributed by atoms with van der Waals surface area (Å²) in [5.41, 5.74) is 3.09. The molecule has 0 aromatic heterocycles. The molecule has 0 aliphatic carbocycles. The first-order chi connectivity index (χ1) is 13.9. The van der Waals surface area contributed by atoms with E-state index in [0.717, 1.165) is 62.5 Å². The van der Waals surface area contributed by atoms with Crippen LogP contribution in [-0.4, -0.2) is 54.8 Å². The fourth-order valence-corrected chi connectivity index (χ4v) is 4.33. The molecule has 0 spiro atoms. The Morgan fingerprint density at radius 2 is 1.97 bits per heavy atom. The second-order valence-corrected chi connectivity index (χ2v) is 9.19. The largest absolute Gasteiger partial charge is 0.342 e. The fourth-order valence-electron chi connectivity index (χ4n) is 4.33. The number of piperidine rings is 1. The van der Waals surface area contributed by atoms with Crippen molar-refractivity contribution in [3.8, 4) is 0 Å². The lowest BCUT2D eigenvalue weighted by Crippen LogP contribution is -2.32. The first kappa shape index (κ1) is 21.8. The summed E-state index contributed by atoms with van der Waals surface area (Å²) in [5, 5.41) is 3.40. The average molecular weight is 400 g/mol. The Hall–Kier alpha value is -1.88. The van der Waals surface area contributed by atoms with E-state index >= 15 is 0 Å². The Kier molecular flexibility index (Phi) is 7.70. The number of benzene rings is 1. The predicted molar refractivity (Wildman–Crippen MR) is 117 cm³/mol. The number of carbonyl (C=O) groups is 2. The molecule has 2 heterocycles. The lowest BCUT2D eigenvalue weighted by molar-refractivity contribution is -0.131. The molecule has 2 amide bonds. The Morgan fingerprint density at radius 3 is 2.69 bits per heavy atom. The maximum absolute atomic E-state index is 12.9. The van der Waals surface area contributed by atoms with Crippen LogP contribution in [-0.2, 0) is 17.8 Å². The van der Waals surface area contributed by atoms with E-state index in [1.165, 1.54) is 18.4 Å². The molecule has 5 nitrogen and oxygen atoms in total. The first-order valence-electron chi connectivity index (χ1n) is 11.3. The van der Waals surface area contributed by atoms with Crippen LogP contribution in [0.2, 0.25) is 0 Å². The second kappa shape index (κ2) is 10.2. The number of nitrogens with zero attached hydrogens (tertiary/aromatic N) is 2. The normalized spacial score (nSPS) is 17.9. The zero-order valence-electron chi connectivity index (χ0n) is 18.4. The van der Waals surface area contributed by atoms with Gasteiger partial charge in [-0.25, -0.2) is 0 Å². The Labute approximate surface area is 175 Å². The summed E-state index contributed by atoms with van der Waals surface area (Å²) in [6, 6.07) is 6.03. The van der Waals surface area contributed by atoms with Crippen LogP contribution in [0.3, 0.4) is 0 Å². The minimum Gasteiger partial charge on any atom is -0.342 e. The third-order valence-corrected chi connectivity index (χ3v) is 6.43. The number of hydrogen-bond acceptors (Lipinski definition) is 3. The van der Waals surface area contributed by atoms with Crippen LogP contribution >= 0.6 is 0 Å². The van der Waals surface area contributed by atoms with Crippen LogP contribution in [0, 0.1) is 11.8 Å². The summed E-state index contributed by atoms with van der Waals surface area (Å²) in [6.07, 6.45) is 5.79. The van der Waals surface area contributed by atoms with Gasteiger partial charge >= 0.3 is 0 Å². The summed E-state index contributed by atoms with van der Waals surface area (Å²) >= 11 is 0. The molecule has 5 heteroatoms. The minimum absolute atomic E-state index is 0.0916. The summed E-state index contributed by atoms with van der Waals surface area (Å²) < 4.78 is 0. The van der Waals surface area contributed by atoms with Gasteiger partial charge in [0.15, 0.2) is 0 Å². The average Bonchev–Trinajstić information content (AvgIpc) is 2.89. The third-order valence-electron chi connectivity index (χ3n) is 6.43. The van der Waals surface area contributed by atoms with Crippen molar-refractivity contribution in [3.63, 3.8) is 0 Å². The number of carbonyl (C=O) groups excluding carboxylic acids is 2. The molecular formula is C24H37N3O2. The highest BCUT2D eigenvalue weighted by Crippen LogP contribution is 2.23. The molecule has 29 heavy (non-hydrogen) atoms. The molecule has 160 valence electrons. The van der Waals surface area contributed by atoms with E-state index in [9.17, 15) is 9.59 Å². The molecule has 1 aromatic carbocycles. The zero-order chi connectivity index (χ0) is 20.8. The van der Waals surface area contributed by atoms with Crippen LogP contribution in [0.15, 0.2) is 18.2 Å². The second-order valence-electron chi connectivity index (χ2n) is 9.19. The maximum atomic E-state index is 12.9. The monoisotopic (exact) mass is 399 g/mol. The van der Waals surface area contributed by atoms with Crippen LogP contribution < -0.4 is 5.32 Å². The van der Waals surface area contributed by atoms with E-state index < -0.39 is 0 Å². The van der Waals surface area contributed by atoms with Crippen LogP contribution in [0.1, 0.15) is 67.4 Å². The maximum Gasteiger partial charge on any atom is 0.253 e. The summed E-state index contributed by atoms with van der Waals surface area (Å²) in [5.74, 6) is 1.63. The molecule has 1 saturated heterocycles. The van der Waals surface area contributed by atoms with Crippen LogP contribution in [0.5, 0.6) is 0 Å². The predicted octanol–water partition coefficient (Wildman–Crippen LogP) is 3.47. The molecule has 1 N–H and O–H groups in total. The van der Waals surface area contributed by atoms with Gasteiger partial charge in [-0.2, -0.15) is 0 Å². The van der Waals surface area contributed by atoms with Crippen LogP contribution in [0.4, 0.5) is 0 Å². The number of rotatable bonds is 7. The smallest absolute Gasteiger partial charge is 0.253 e. The van der Waals surface area contributed by atoms with Crippen molar-refractivity contribution < 1.29 is 9.59 Å². The molecule has 3 rings (SSSR count). The molecule has 0 radical (unpaired) electrons. The molecular weight excluding hydrogens is 362 g/mol. The molecule has 1 fully saturated rings. The van der Waals surface area contributed by atoms with Gasteiger partial charge in [0, 0.05) is 38.7 Å². The highest BCUT2D eigenvalue weighted by Gasteiger charge is 2.22. The molecule has 0 bridgehead atoms. The van der Waals surface area contributed by atoms with E-state index in [1.807, 2.05) is 29.0 Å². The van der Waals surface area contributed by atoms with Crippen LogP contribution in [0.25, 0.3) is 0 Å². The van der Waals surface area contributed by atoms with E-state index in [2.05, 4.69) is 25.2 Å². The SMILES string of the molecule is CC(C)CCN1Cc2ccc(C(=O)N(C)CCC3CCNCC3)cc2CCC1=O. The Morgan fingerprint density at radius 1 is 1.21 bits per heavy atom. The van der Waals surface area contributed by atoms with Gasteiger partial charge in [-0.05, 0) is 80.3 Å². The number of fused-ring (bicyclic) bond motifs is 1. The number of nitrogens with one attached hydrogen (secondary N) is 1. The van der Waals surface area contributed by atoms with Gasteiger partial charge in [0.05, 0.1) is 0 Å².